The van der Waals surface area contributed by atoms with Gasteiger partial charge < -0.3 is 9.47 Å². The minimum atomic E-state index is 0.588. The van der Waals surface area contributed by atoms with Gasteiger partial charge in [-0.05, 0) is 6.92 Å². The van der Waals surface area contributed by atoms with Gasteiger partial charge in [0, 0.05) is 7.11 Å². The molecule has 8 heavy (non-hydrogen) atoms. The summed E-state index contributed by atoms with van der Waals surface area (Å²) in [7, 11) is 1.55. The van der Waals surface area contributed by atoms with Gasteiger partial charge in [0.2, 0.25) is 6.79 Å². The second-order valence-corrected chi connectivity index (χ2v) is 1.23. The molecule has 0 aliphatic rings. The molecular weight excluding hydrogens is 104 g/mol. The number of ether oxygens (including phenoxy) is 2. The van der Waals surface area contributed by atoms with Crippen LogP contribution in [-0.4, -0.2) is 13.7 Å². The molecule has 0 fully saturated rings. The molecule has 0 bridgehead atoms. The second-order valence-electron chi connectivity index (χ2n) is 1.23. The van der Waals surface area contributed by atoms with Crippen LogP contribution in [0.5, 0.6) is 0 Å². The molecule has 0 aromatic carbocycles. The second kappa shape index (κ2) is 6.66. The van der Waals surface area contributed by atoms with Crippen LogP contribution in [0.15, 0.2) is 12.2 Å². The fourth-order valence-electron chi connectivity index (χ4n) is 0.259. The standard InChI is InChI=1S/C6H11O2/c1-3-4-5-8-6-7-2/h3-4,6H,5H2,1-2H3. The summed E-state index contributed by atoms with van der Waals surface area (Å²) in [4.78, 5) is 0. The predicted octanol–water partition coefficient (Wildman–Crippen LogP) is 1.34. The Kier molecular flexibility index (Phi) is 6.38. The molecule has 0 saturated heterocycles. The molecular formula is C6H11O2. The average Bonchev–Trinajstić information content (AvgIpc) is 1.81. The van der Waals surface area contributed by atoms with Crippen LogP contribution in [-0.2, 0) is 9.47 Å². The van der Waals surface area contributed by atoms with Crippen LogP contribution < -0.4 is 0 Å². The van der Waals surface area contributed by atoms with Crippen LogP contribution >= 0.6 is 0 Å². The van der Waals surface area contributed by atoms with Crippen molar-refractivity contribution < 1.29 is 9.47 Å². The molecule has 0 aromatic rings. The summed E-state index contributed by atoms with van der Waals surface area (Å²) in [5.74, 6) is 0. The molecule has 0 rings (SSSR count). The van der Waals surface area contributed by atoms with Gasteiger partial charge in [-0.1, -0.05) is 12.2 Å². The summed E-state index contributed by atoms with van der Waals surface area (Å²) in [6, 6.07) is 0. The van der Waals surface area contributed by atoms with Gasteiger partial charge >= 0.3 is 0 Å². The maximum absolute atomic E-state index is 4.79. The van der Waals surface area contributed by atoms with E-state index in [0.717, 1.165) is 0 Å². The number of rotatable bonds is 4. The van der Waals surface area contributed by atoms with Gasteiger partial charge in [-0.15, -0.1) is 0 Å². The van der Waals surface area contributed by atoms with Crippen molar-refractivity contribution in [2.45, 2.75) is 6.92 Å². The average molecular weight is 115 g/mol. The number of methoxy groups -OCH3 is 1. The third kappa shape index (κ3) is 5.66. The fourth-order valence-corrected chi connectivity index (χ4v) is 0.259. The first-order chi connectivity index (χ1) is 3.91. The largest absolute Gasteiger partial charge is 0.351 e. The molecule has 0 aromatic heterocycles. The lowest BCUT2D eigenvalue weighted by Crippen LogP contribution is -1.87. The number of hydrogen-bond acceptors (Lipinski definition) is 2. The minimum Gasteiger partial charge on any atom is -0.351 e. The Morgan fingerprint density at radius 1 is 1.50 bits per heavy atom. The van der Waals surface area contributed by atoms with E-state index in [1.807, 2.05) is 19.1 Å². The molecule has 0 unspecified atom stereocenters. The predicted molar refractivity (Wildman–Crippen MR) is 32.1 cm³/mol. The molecule has 0 saturated carbocycles. The zero-order valence-corrected chi connectivity index (χ0v) is 5.26. The number of hydrogen-bond donors (Lipinski definition) is 0. The Labute approximate surface area is 50.1 Å². The number of allylic oxidation sites excluding steroid dienone is 1. The molecule has 0 aliphatic heterocycles. The van der Waals surface area contributed by atoms with Crippen molar-refractivity contribution in [2.75, 3.05) is 13.7 Å². The first-order valence-electron chi connectivity index (χ1n) is 2.49. The molecule has 47 valence electrons. The molecule has 2 heteroatoms. The molecule has 0 atom stereocenters. The van der Waals surface area contributed by atoms with Crippen molar-refractivity contribution in [3.05, 3.63) is 18.9 Å². The van der Waals surface area contributed by atoms with Crippen molar-refractivity contribution in [1.82, 2.24) is 0 Å². The van der Waals surface area contributed by atoms with Crippen LogP contribution in [0.2, 0.25) is 0 Å². The van der Waals surface area contributed by atoms with Gasteiger partial charge in [0.05, 0.1) is 6.61 Å². The van der Waals surface area contributed by atoms with Crippen LogP contribution in [0.25, 0.3) is 0 Å². The molecule has 0 spiro atoms. The van der Waals surface area contributed by atoms with Crippen molar-refractivity contribution in [3.8, 4) is 0 Å². The van der Waals surface area contributed by atoms with E-state index in [4.69, 9.17) is 4.74 Å². The Morgan fingerprint density at radius 2 is 2.25 bits per heavy atom. The van der Waals surface area contributed by atoms with E-state index in [1.165, 1.54) is 6.79 Å². The zero-order chi connectivity index (χ0) is 6.24. The lowest BCUT2D eigenvalue weighted by molar-refractivity contribution is 0.0613. The maximum Gasteiger partial charge on any atom is 0.209 e. The fraction of sp³-hybridized carbons (Fsp3) is 0.500. The Bertz CT molecular complexity index is 59.5. The Balaban J connectivity index is 2.72. The van der Waals surface area contributed by atoms with Crippen molar-refractivity contribution in [3.63, 3.8) is 0 Å². The normalized spacial score (nSPS) is 10.8. The highest BCUT2D eigenvalue weighted by atomic mass is 16.7. The van der Waals surface area contributed by atoms with Crippen molar-refractivity contribution in [1.29, 1.82) is 0 Å². The van der Waals surface area contributed by atoms with Gasteiger partial charge in [-0.25, -0.2) is 0 Å². The summed E-state index contributed by atoms with van der Waals surface area (Å²) < 4.78 is 9.30. The SMILES string of the molecule is CC=CCO[CH]OC. The molecule has 0 heterocycles. The Morgan fingerprint density at radius 3 is 2.75 bits per heavy atom. The minimum absolute atomic E-state index is 0.588. The summed E-state index contributed by atoms with van der Waals surface area (Å²) in [5.41, 5.74) is 0. The lowest BCUT2D eigenvalue weighted by atomic mass is 10.6. The lowest BCUT2D eigenvalue weighted by Gasteiger charge is -1.93. The van der Waals surface area contributed by atoms with Gasteiger partial charge in [0.25, 0.3) is 0 Å². The molecule has 0 N–H and O–H groups in total. The van der Waals surface area contributed by atoms with Crippen molar-refractivity contribution >= 4 is 0 Å². The summed E-state index contributed by atoms with van der Waals surface area (Å²) >= 11 is 0. The third-order valence-electron chi connectivity index (χ3n) is 0.592. The van der Waals surface area contributed by atoms with E-state index in [2.05, 4.69) is 4.74 Å². The molecule has 0 aliphatic carbocycles. The van der Waals surface area contributed by atoms with E-state index in [9.17, 15) is 0 Å². The van der Waals surface area contributed by atoms with Crippen LogP contribution in [0, 0.1) is 6.79 Å². The first kappa shape index (κ1) is 7.66. The van der Waals surface area contributed by atoms with Crippen LogP contribution in [0.3, 0.4) is 0 Å². The molecule has 1 radical (unpaired) electrons. The van der Waals surface area contributed by atoms with Crippen LogP contribution in [0.4, 0.5) is 0 Å². The van der Waals surface area contributed by atoms with E-state index in [1.54, 1.807) is 7.11 Å². The smallest absolute Gasteiger partial charge is 0.209 e. The topological polar surface area (TPSA) is 18.5 Å². The van der Waals surface area contributed by atoms with E-state index in [-0.39, 0.29) is 0 Å². The van der Waals surface area contributed by atoms with E-state index in [0.29, 0.717) is 6.61 Å². The van der Waals surface area contributed by atoms with Gasteiger partial charge in [-0.2, -0.15) is 0 Å². The monoisotopic (exact) mass is 115 g/mol. The third-order valence-corrected chi connectivity index (χ3v) is 0.592. The van der Waals surface area contributed by atoms with Gasteiger partial charge in [0.15, 0.2) is 0 Å². The summed E-state index contributed by atoms with van der Waals surface area (Å²) in [6.45, 7) is 3.83. The quantitative estimate of drug-likeness (QED) is 0.406. The van der Waals surface area contributed by atoms with Crippen LogP contribution in [0.1, 0.15) is 6.92 Å². The first-order valence-corrected chi connectivity index (χ1v) is 2.49. The maximum atomic E-state index is 4.79. The highest BCUT2D eigenvalue weighted by molar-refractivity contribution is 4.75. The molecule has 0 amide bonds. The van der Waals surface area contributed by atoms with Crippen molar-refractivity contribution in [2.24, 2.45) is 0 Å². The molecule has 2 nitrogen and oxygen atoms in total. The van der Waals surface area contributed by atoms with Gasteiger partial charge in [-0.3, -0.25) is 0 Å². The summed E-state index contributed by atoms with van der Waals surface area (Å²) in [5, 5.41) is 0. The summed E-state index contributed by atoms with van der Waals surface area (Å²) in [6.07, 6.45) is 3.82. The van der Waals surface area contributed by atoms with E-state index >= 15 is 0 Å². The Hall–Kier alpha value is -0.340. The van der Waals surface area contributed by atoms with Gasteiger partial charge in [0.1, 0.15) is 0 Å². The van der Waals surface area contributed by atoms with E-state index < -0.39 is 0 Å². The zero-order valence-electron chi connectivity index (χ0n) is 5.26. The highest BCUT2D eigenvalue weighted by Crippen LogP contribution is 1.81. The highest BCUT2D eigenvalue weighted by Gasteiger charge is 1.77.